The van der Waals surface area contributed by atoms with Crippen LogP contribution in [0.5, 0.6) is 0 Å². The van der Waals surface area contributed by atoms with Gasteiger partial charge in [-0.05, 0) is 156 Å². The van der Waals surface area contributed by atoms with Gasteiger partial charge in [0.15, 0.2) is 11.6 Å². The summed E-state index contributed by atoms with van der Waals surface area (Å²) in [4.78, 5) is 20.1. The van der Waals surface area contributed by atoms with Gasteiger partial charge in [-0.15, -0.1) is 0 Å². The van der Waals surface area contributed by atoms with Gasteiger partial charge in [-0.2, -0.15) is 0 Å². The zero-order valence-corrected chi connectivity index (χ0v) is 58.5. The van der Waals surface area contributed by atoms with Crippen LogP contribution in [0.25, 0.3) is 199 Å². The van der Waals surface area contributed by atoms with Crippen LogP contribution in [0.2, 0.25) is 0 Å². The van der Waals surface area contributed by atoms with E-state index in [2.05, 4.69) is 358 Å². The monoisotopic (exact) mass is 1380 g/mol. The third-order valence-corrected chi connectivity index (χ3v) is 21.4. The molecule has 0 saturated heterocycles. The minimum atomic E-state index is 0.724. The third-order valence-electron chi connectivity index (χ3n) is 21.4. The van der Waals surface area contributed by atoms with Crippen molar-refractivity contribution in [3.05, 3.63) is 388 Å². The van der Waals surface area contributed by atoms with Gasteiger partial charge >= 0.3 is 0 Å². The van der Waals surface area contributed by atoms with Crippen molar-refractivity contribution in [2.24, 2.45) is 0 Å². The zero-order chi connectivity index (χ0) is 71.2. The number of hydrogen-bond donors (Lipinski definition) is 0. The van der Waals surface area contributed by atoms with Crippen LogP contribution in [-0.4, -0.2) is 38.2 Å². The lowest BCUT2D eigenvalue weighted by atomic mass is 10.0. The lowest BCUT2D eigenvalue weighted by Gasteiger charge is -2.13. The Morgan fingerprint density at radius 2 is 0.417 bits per heavy atom. The van der Waals surface area contributed by atoms with E-state index >= 15 is 0 Å². The van der Waals surface area contributed by atoms with Crippen LogP contribution >= 0.6 is 0 Å². The van der Waals surface area contributed by atoms with E-state index in [9.17, 15) is 0 Å². The Morgan fingerprint density at radius 1 is 0.148 bits per heavy atom. The maximum atomic E-state index is 5.17. The maximum absolute atomic E-state index is 5.17. The first-order valence-electron chi connectivity index (χ1n) is 36.7. The van der Waals surface area contributed by atoms with E-state index in [4.69, 9.17) is 19.9 Å². The normalized spacial score (nSPS) is 11.7. The lowest BCUT2D eigenvalue weighted by molar-refractivity contribution is 1.17. The Labute approximate surface area is 621 Å². The predicted molar refractivity (Wildman–Crippen MR) is 449 cm³/mol. The molecule has 0 N–H and O–H groups in total. The topological polar surface area (TPSA) is 71.3 Å². The van der Waals surface area contributed by atoms with Gasteiger partial charge in [-0.25, -0.2) is 19.9 Å². The molecule has 0 aliphatic carbocycles. The summed E-state index contributed by atoms with van der Waals surface area (Å²) in [5.74, 6) is 1.45. The SMILES string of the molecule is c1ccc(-c2nc(-c3ccc(-n4c5ccccc5c5cc(-c6ccc7c(c6)c6ccccc6n7-c6ccccc6)ccc54)cc3)c3ccccc3n2)cc1.c1ccc(-c2nc(-c3cccc(-n4c5ccccc5c5cc(-c6ccc7c(c6)c6ccccc6n7-c6ccccc6)ccc54)c3)c3ccccc3n2)cc1. The van der Waals surface area contributed by atoms with Crippen LogP contribution < -0.4 is 0 Å². The zero-order valence-electron chi connectivity index (χ0n) is 58.5. The Kier molecular flexibility index (Phi) is 14.7. The average Bonchev–Trinajstić information content (AvgIpc) is 1.58. The molecule has 16 aromatic carbocycles. The molecular weight excluding hydrogens is 1310 g/mol. The van der Waals surface area contributed by atoms with Gasteiger partial charge in [0.05, 0.1) is 66.6 Å². The Bertz CT molecular complexity index is 7280. The number of fused-ring (bicyclic) bond motifs is 14. The third kappa shape index (κ3) is 10.4. The summed E-state index contributed by atoms with van der Waals surface area (Å²) in [6, 6.07) is 138. The fourth-order valence-corrected chi connectivity index (χ4v) is 16.5. The van der Waals surface area contributed by atoms with E-state index in [1.165, 1.54) is 115 Å². The molecule has 6 aromatic heterocycles. The molecule has 0 spiro atoms. The smallest absolute Gasteiger partial charge is 0.160 e. The van der Waals surface area contributed by atoms with Crippen LogP contribution in [0.15, 0.2) is 388 Å². The van der Waals surface area contributed by atoms with Crippen molar-refractivity contribution >= 4 is 109 Å². The molecule has 8 nitrogen and oxygen atoms in total. The quantitative estimate of drug-likeness (QED) is 0.137. The van der Waals surface area contributed by atoms with E-state index in [0.717, 1.165) is 84.0 Å². The van der Waals surface area contributed by atoms with Gasteiger partial charge < -0.3 is 18.3 Å². The van der Waals surface area contributed by atoms with Gasteiger partial charge in [-0.3, -0.25) is 0 Å². The molecule has 0 amide bonds. The molecule has 0 aliphatic heterocycles. The highest BCUT2D eigenvalue weighted by atomic mass is 15.0. The molecule has 8 heteroatoms. The number of rotatable bonds is 10. The summed E-state index contributed by atoms with van der Waals surface area (Å²) >= 11 is 0. The second-order valence-corrected chi connectivity index (χ2v) is 27.7. The van der Waals surface area contributed by atoms with Crippen LogP contribution in [0.4, 0.5) is 0 Å². The summed E-state index contributed by atoms with van der Waals surface area (Å²) in [5.41, 5.74) is 26.7. The van der Waals surface area contributed by atoms with E-state index in [1.54, 1.807) is 0 Å². The number of aromatic nitrogens is 8. The summed E-state index contributed by atoms with van der Waals surface area (Å²) in [6.07, 6.45) is 0. The van der Waals surface area contributed by atoms with Gasteiger partial charge in [-0.1, -0.05) is 255 Å². The first kappa shape index (κ1) is 62.0. The molecule has 0 radical (unpaired) electrons. The van der Waals surface area contributed by atoms with Gasteiger partial charge in [0, 0.05) is 98.9 Å². The molecule has 0 aliphatic rings. The highest BCUT2D eigenvalue weighted by Gasteiger charge is 2.22. The van der Waals surface area contributed by atoms with Crippen LogP contribution in [0.1, 0.15) is 0 Å². The largest absolute Gasteiger partial charge is 0.309 e. The second-order valence-electron chi connectivity index (χ2n) is 27.7. The Balaban J connectivity index is 0.000000138. The summed E-state index contributed by atoms with van der Waals surface area (Å²) in [6.45, 7) is 0. The molecule has 0 bridgehead atoms. The highest BCUT2D eigenvalue weighted by Crippen LogP contribution is 2.43. The van der Waals surface area contributed by atoms with E-state index < -0.39 is 0 Å². The lowest BCUT2D eigenvalue weighted by Crippen LogP contribution is -1.97. The number of para-hydroxylation sites is 8. The summed E-state index contributed by atoms with van der Waals surface area (Å²) in [5, 5.41) is 12.0. The standard InChI is InChI=1S/2C50H32N4/c1-3-14-33(15-4-1)50-51-44-23-10-7-22-41(44)49(52-50)36-16-13-19-38(30-36)54-46-25-12-9-21-40(46)43-32-35(27-29-48(43)54)34-26-28-47-42(31-34)39-20-8-11-24-45(39)53(47)37-17-5-2-6-18-37;1-3-13-34(14-4-1)50-51-44-20-10-7-19-41(44)49(52-50)33-23-27-38(28-24-33)54-46-22-12-9-18-40(46)43-32-36(26-30-48(43)54)35-25-29-47-42(31-35)39-17-8-11-21-45(39)53(47)37-15-5-2-6-16-37/h2*1-32H. The average molecular weight is 1380 g/mol. The Hall–Kier alpha value is -14.6. The molecule has 0 atom stereocenters. The molecule has 22 aromatic rings. The molecule has 0 fully saturated rings. The molecule has 22 rings (SSSR count). The van der Waals surface area contributed by atoms with E-state index in [0.29, 0.717) is 0 Å². The maximum Gasteiger partial charge on any atom is 0.160 e. The molecular formula is C100H64N8. The summed E-state index contributed by atoms with van der Waals surface area (Å²) in [7, 11) is 0. The van der Waals surface area contributed by atoms with Gasteiger partial charge in [0.2, 0.25) is 0 Å². The van der Waals surface area contributed by atoms with Crippen molar-refractivity contribution < 1.29 is 0 Å². The van der Waals surface area contributed by atoms with Crippen molar-refractivity contribution in [3.63, 3.8) is 0 Å². The second kappa shape index (κ2) is 25.7. The van der Waals surface area contributed by atoms with Crippen molar-refractivity contribution in [2.45, 2.75) is 0 Å². The molecule has 108 heavy (non-hydrogen) atoms. The fourth-order valence-electron chi connectivity index (χ4n) is 16.5. The van der Waals surface area contributed by atoms with Crippen molar-refractivity contribution in [1.82, 2.24) is 38.2 Å². The molecule has 0 saturated carbocycles. The first-order chi connectivity index (χ1) is 53.6. The van der Waals surface area contributed by atoms with Crippen molar-refractivity contribution in [1.29, 1.82) is 0 Å². The Morgan fingerprint density at radius 3 is 0.796 bits per heavy atom. The molecule has 504 valence electrons. The van der Waals surface area contributed by atoms with Crippen LogP contribution in [-0.2, 0) is 0 Å². The molecule has 0 unspecified atom stereocenters. The van der Waals surface area contributed by atoms with Crippen LogP contribution in [0.3, 0.4) is 0 Å². The fraction of sp³-hybridized carbons (Fsp3) is 0. The number of hydrogen-bond acceptors (Lipinski definition) is 4. The summed E-state index contributed by atoms with van der Waals surface area (Å²) < 4.78 is 9.50. The number of benzene rings is 16. The minimum absolute atomic E-state index is 0.724. The predicted octanol–water partition coefficient (Wildman–Crippen LogP) is 25.7. The highest BCUT2D eigenvalue weighted by molar-refractivity contribution is 6.15. The number of nitrogens with zero attached hydrogens (tertiary/aromatic N) is 8. The van der Waals surface area contributed by atoms with Gasteiger partial charge in [0.1, 0.15) is 0 Å². The van der Waals surface area contributed by atoms with Crippen molar-refractivity contribution in [3.8, 4) is 90.3 Å². The van der Waals surface area contributed by atoms with E-state index in [-0.39, 0.29) is 0 Å². The first-order valence-corrected chi connectivity index (χ1v) is 36.7. The van der Waals surface area contributed by atoms with Crippen molar-refractivity contribution in [2.75, 3.05) is 0 Å². The van der Waals surface area contributed by atoms with Gasteiger partial charge in [0.25, 0.3) is 0 Å². The minimum Gasteiger partial charge on any atom is -0.309 e. The van der Waals surface area contributed by atoms with E-state index in [1.807, 2.05) is 48.5 Å². The van der Waals surface area contributed by atoms with Crippen LogP contribution in [0, 0.1) is 0 Å². The molecule has 6 heterocycles.